The lowest BCUT2D eigenvalue weighted by molar-refractivity contribution is -0.124. The maximum absolute atomic E-state index is 12.3. The van der Waals surface area contributed by atoms with E-state index in [0.29, 0.717) is 11.9 Å². The lowest BCUT2D eigenvalue weighted by Gasteiger charge is -2.30. The fourth-order valence-electron chi connectivity index (χ4n) is 5.75. The smallest absolute Gasteiger partial charge is 0.238 e. The van der Waals surface area contributed by atoms with Gasteiger partial charge in [0.1, 0.15) is 0 Å². The Balaban J connectivity index is 1.29. The van der Waals surface area contributed by atoms with Crippen molar-refractivity contribution in [2.45, 2.75) is 167 Å². The van der Waals surface area contributed by atoms with E-state index in [1.54, 1.807) is 0 Å². The van der Waals surface area contributed by atoms with Crippen molar-refractivity contribution in [2.75, 3.05) is 6.54 Å². The van der Waals surface area contributed by atoms with Crippen LogP contribution in [0.3, 0.4) is 0 Å². The summed E-state index contributed by atoms with van der Waals surface area (Å²) in [5.41, 5.74) is 3.18. The summed E-state index contributed by atoms with van der Waals surface area (Å²) in [7, 11) is 0. The molecule has 0 spiro atoms. The number of unbranched alkanes of at least 4 members (excludes halogenated alkanes) is 17. The number of carbonyl (C=O) groups excluding carboxylic acids is 1. The predicted molar refractivity (Wildman–Crippen MR) is 139 cm³/mol. The molecule has 2 rings (SSSR count). The third-order valence-electron chi connectivity index (χ3n) is 7.96. The van der Waals surface area contributed by atoms with Crippen LogP contribution in [-0.4, -0.2) is 23.5 Å². The molecule has 32 heavy (non-hydrogen) atoms. The quantitative estimate of drug-likeness (QED) is 0.189. The van der Waals surface area contributed by atoms with E-state index in [-0.39, 0.29) is 5.92 Å². The van der Waals surface area contributed by atoms with Gasteiger partial charge < -0.3 is 0 Å². The maximum atomic E-state index is 12.3. The molecule has 1 atom stereocenters. The van der Waals surface area contributed by atoms with E-state index in [4.69, 9.17) is 0 Å². The molecule has 0 bridgehead atoms. The molecule has 1 saturated heterocycles. The topological polar surface area (TPSA) is 32.3 Å². The fourth-order valence-corrected chi connectivity index (χ4v) is 5.75. The van der Waals surface area contributed by atoms with Crippen LogP contribution >= 0.6 is 0 Å². The van der Waals surface area contributed by atoms with Gasteiger partial charge in [0.05, 0.1) is 5.92 Å². The van der Waals surface area contributed by atoms with Gasteiger partial charge in [0.25, 0.3) is 0 Å². The highest BCUT2D eigenvalue weighted by atomic mass is 16.2. The first-order chi connectivity index (χ1) is 15.8. The molecule has 3 heteroatoms. The first-order valence-corrected chi connectivity index (χ1v) is 14.9. The molecule has 188 valence electrons. The van der Waals surface area contributed by atoms with E-state index in [2.05, 4.69) is 17.4 Å². The molecule has 0 radical (unpaired) electrons. The Morgan fingerprint density at radius 3 is 1.56 bits per heavy atom. The molecule has 1 aliphatic carbocycles. The number of hydrogen-bond acceptors (Lipinski definition) is 2. The lowest BCUT2D eigenvalue weighted by atomic mass is 9.94. The zero-order valence-corrected chi connectivity index (χ0v) is 21.7. The molecule has 1 N–H and O–H groups in total. The molecule has 2 aliphatic rings. The van der Waals surface area contributed by atoms with Crippen LogP contribution in [0.1, 0.15) is 161 Å². The Morgan fingerprint density at radius 2 is 1.09 bits per heavy atom. The van der Waals surface area contributed by atoms with E-state index < -0.39 is 0 Å². The van der Waals surface area contributed by atoms with Crippen molar-refractivity contribution >= 4 is 5.91 Å². The van der Waals surface area contributed by atoms with Crippen LogP contribution in [0.4, 0.5) is 0 Å². The Morgan fingerprint density at radius 1 is 0.656 bits per heavy atom. The summed E-state index contributed by atoms with van der Waals surface area (Å²) in [5, 5.41) is 2.28. The standard InChI is InChI=1S/C29H56N2O/c1-2-3-4-5-6-7-8-9-10-11-12-13-14-15-16-17-18-20-23-27-26-31(30-29(27)32)28-24-21-19-22-25-28/h27-28H,2-26H2,1H3,(H,30,32). The second-order valence-electron chi connectivity index (χ2n) is 10.9. The molecule has 0 aromatic carbocycles. The normalized spacial score (nSPS) is 20.2. The van der Waals surface area contributed by atoms with Gasteiger partial charge in [0.2, 0.25) is 5.91 Å². The molecule has 1 heterocycles. The summed E-state index contributed by atoms with van der Waals surface area (Å²) in [6, 6.07) is 0.609. The van der Waals surface area contributed by atoms with Gasteiger partial charge in [-0.15, -0.1) is 0 Å². The van der Waals surface area contributed by atoms with Crippen LogP contribution in [0.5, 0.6) is 0 Å². The molecule has 1 saturated carbocycles. The van der Waals surface area contributed by atoms with Crippen molar-refractivity contribution in [1.29, 1.82) is 0 Å². The Labute approximate surface area is 200 Å². The highest BCUT2D eigenvalue weighted by Gasteiger charge is 2.34. The minimum atomic E-state index is 0.248. The maximum Gasteiger partial charge on any atom is 0.238 e. The summed E-state index contributed by atoms with van der Waals surface area (Å²) in [5.74, 6) is 0.542. The van der Waals surface area contributed by atoms with Crippen LogP contribution in [0.15, 0.2) is 0 Å². The number of rotatable bonds is 20. The van der Waals surface area contributed by atoms with Gasteiger partial charge in [-0.05, 0) is 19.3 Å². The molecule has 1 aliphatic heterocycles. The largest absolute Gasteiger partial charge is 0.288 e. The summed E-state index contributed by atoms with van der Waals surface area (Å²) in [6.45, 7) is 3.26. The van der Waals surface area contributed by atoms with Gasteiger partial charge in [-0.3, -0.25) is 10.2 Å². The number of carbonyl (C=O) groups is 1. The third-order valence-corrected chi connectivity index (χ3v) is 7.96. The third kappa shape index (κ3) is 12.6. The number of hydrogen-bond donors (Lipinski definition) is 1. The number of hydrazine groups is 1. The molecule has 1 unspecified atom stereocenters. The number of nitrogens with zero attached hydrogens (tertiary/aromatic N) is 1. The van der Waals surface area contributed by atoms with Crippen LogP contribution in [0.25, 0.3) is 0 Å². The van der Waals surface area contributed by atoms with Crippen molar-refractivity contribution in [1.82, 2.24) is 10.4 Å². The van der Waals surface area contributed by atoms with Crippen LogP contribution in [0, 0.1) is 5.92 Å². The first kappa shape index (κ1) is 27.7. The zero-order valence-electron chi connectivity index (χ0n) is 21.7. The van der Waals surface area contributed by atoms with Gasteiger partial charge in [0.15, 0.2) is 0 Å². The van der Waals surface area contributed by atoms with Gasteiger partial charge in [0, 0.05) is 12.6 Å². The van der Waals surface area contributed by atoms with Crippen LogP contribution < -0.4 is 5.43 Å². The summed E-state index contributed by atoms with van der Waals surface area (Å²) in [6.07, 6.45) is 33.2. The first-order valence-electron chi connectivity index (χ1n) is 14.9. The second kappa shape index (κ2) is 18.8. The zero-order chi connectivity index (χ0) is 22.7. The van der Waals surface area contributed by atoms with Crippen LogP contribution in [0.2, 0.25) is 0 Å². The Bertz CT molecular complexity index is 446. The summed E-state index contributed by atoms with van der Waals surface area (Å²) in [4.78, 5) is 12.3. The molecule has 1 amide bonds. The Hall–Kier alpha value is -0.570. The van der Waals surface area contributed by atoms with E-state index in [9.17, 15) is 4.79 Å². The van der Waals surface area contributed by atoms with E-state index >= 15 is 0 Å². The lowest BCUT2D eigenvalue weighted by Crippen LogP contribution is -2.42. The molecular weight excluding hydrogens is 392 g/mol. The van der Waals surface area contributed by atoms with Crippen molar-refractivity contribution in [3.8, 4) is 0 Å². The molecule has 0 aromatic heterocycles. The highest BCUT2D eigenvalue weighted by molar-refractivity contribution is 5.80. The fraction of sp³-hybridized carbons (Fsp3) is 0.966. The number of amides is 1. The minimum absolute atomic E-state index is 0.248. The van der Waals surface area contributed by atoms with Gasteiger partial charge >= 0.3 is 0 Å². The predicted octanol–water partition coefficient (Wildman–Crippen LogP) is 8.71. The average Bonchev–Trinajstić information content (AvgIpc) is 3.19. The highest BCUT2D eigenvalue weighted by Crippen LogP contribution is 2.26. The molecule has 2 fully saturated rings. The SMILES string of the molecule is CCCCCCCCCCCCCCCCCCCCC1CN(C2CCCCC2)NC1=O. The summed E-state index contributed by atoms with van der Waals surface area (Å²) >= 11 is 0. The van der Waals surface area contributed by atoms with Crippen molar-refractivity contribution in [3.63, 3.8) is 0 Å². The Kier molecular flexibility index (Phi) is 16.3. The second-order valence-corrected chi connectivity index (χ2v) is 10.9. The summed E-state index contributed by atoms with van der Waals surface area (Å²) < 4.78 is 0. The van der Waals surface area contributed by atoms with Gasteiger partial charge in [-0.2, -0.15) is 0 Å². The van der Waals surface area contributed by atoms with Crippen molar-refractivity contribution < 1.29 is 4.79 Å². The minimum Gasteiger partial charge on any atom is -0.288 e. The molecule has 3 nitrogen and oxygen atoms in total. The van der Waals surface area contributed by atoms with Crippen molar-refractivity contribution in [3.05, 3.63) is 0 Å². The van der Waals surface area contributed by atoms with Gasteiger partial charge in [-0.1, -0.05) is 142 Å². The molecular formula is C29H56N2O. The van der Waals surface area contributed by atoms with Gasteiger partial charge in [-0.25, -0.2) is 5.01 Å². The van der Waals surface area contributed by atoms with Crippen molar-refractivity contribution in [2.24, 2.45) is 5.92 Å². The number of nitrogens with one attached hydrogen (secondary N) is 1. The van der Waals surface area contributed by atoms with Crippen LogP contribution in [-0.2, 0) is 4.79 Å². The molecule has 0 aromatic rings. The van der Waals surface area contributed by atoms with E-state index in [1.165, 1.54) is 148 Å². The van der Waals surface area contributed by atoms with E-state index in [1.807, 2.05) is 0 Å². The monoisotopic (exact) mass is 448 g/mol. The van der Waals surface area contributed by atoms with E-state index in [0.717, 1.165) is 13.0 Å². The average molecular weight is 449 g/mol.